The fraction of sp³-hybridized carbons (Fsp3) is 1.00. The lowest BCUT2D eigenvalue weighted by molar-refractivity contribution is 0.0816. The molecule has 1 N–H and O–H groups in total. The van der Waals surface area contributed by atoms with Crippen LogP contribution in [0.5, 0.6) is 0 Å². The monoisotopic (exact) mass is 186 g/mol. The average molecular weight is 186 g/mol. The van der Waals surface area contributed by atoms with Crippen LogP contribution in [0.1, 0.15) is 20.8 Å². The summed E-state index contributed by atoms with van der Waals surface area (Å²) in [6.07, 6.45) is 0.539. The Labute approximate surface area is 81.3 Å². The third-order valence-electron chi connectivity index (χ3n) is 2.81. The number of hydrogen-bond donors (Lipinski definition) is 1. The number of aliphatic hydroxyl groups is 1. The second-order valence-corrected chi connectivity index (χ2v) is 4.05. The molecule has 0 amide bonds. The van der Waals surface area contributed by atoms with Crippen molar-refractivity contribution in [2.45, 2.75) is 26.9 Å². The van der Waals surface area contributed by atoms with Crippen molar-refractivity contribution in [2.24, 2.45) is 5.92 Å². The molecular weight excluding hydrogens is 164 g/mol. The molecule has 78 valence electrons. The molecule has 1 aliphatic rings. The lowest BCUT2D eigenvalue weighted by Crippen LogP contribution is -2.43. The van der Waals surface area contributed by atoms with Crippen LogP contribution in [0.25, 0.3) is 0 Å². The first-order valence-corrected chi connectivity index (χ1v) is 5.29. The van der Waals surface area contributed by atoms with Crippen molar-refractivity contribution in [1.82, 2.24) is 9.80 Å². The molecule has 1 atom stereocenters. The van der Waals surface area contributed by atoms with Gasteiger partial charge in [-0.05, 0) is 12.5 Å². The number of likely N-dealkylation sites (N-methyl/N-ethyl adjacent to an activating group) is 1. The van der Waals surface area contributed by atoms with Gasteiger partial charge in [0, 0.05) is 19.6 Å². The summed E-state index contributed by atoms with van der Waals surface area (Å²) < 4.78 is 0. The highest BCUT2D eigenvalue weighted by atomic mass is 16.3. The Hall–Kier alpha value is -0.120. The normalized spacial score (nSPS) is 26.1. The zero-order chi connectivity index (χ0) is 9.84. The predicted octanol–water partition coefficient (Wildman–Crippen LogP) is 0.598. The van der Waals surface area contributed by atoms with Crippen molar-refractivity contribution in [3.63, 3.8) is 0 Å². The van der Waals surface area contributed by atoms with Crippen LogP contribution in [-0.4, -0.2) is 53.9 Å². The average Bonchev–Trinajstić information content (AvgIpc) is 2.48. The number of rotatable bonds is 4. The summed E-state index contributed by atoms with van der Waals surface area (Å²) in [6, 6.07) is 0. The maximum absolute atomic E-state index is 8.93. The van der Waals surface area contributed by atoms with Crippen LogP contribution in [0.15, 0.2) is 0 Å². The van der Waals surface area contributed by atoms with E-state index in [1.807, 2.05) is 0 Å². The molecule has 0 aromatic heterocycles. The molecule has 0 aromatic rings. The van der Waals surface area contributed by atoms with Gasteiger partial charge in [-0.1, -0.05) is 20.8 Å². The zero-order valence-corrected chi connectivity index (χ0v) is 9.03. The third-order valence-corrected chi connectivity index (χ3v) is 2.81. The van der Waals surface area contributed by atoms with E-state index in [2.05, 4.69) is 30.6 Å². The Morgan fingerprint density at radius 2 is 1.92 bits per heavy atom. The zero-order valence-electron chi connectivity index (χ0n) is 9.03. The fourth-order valence-electron chi connectivity index (χ4n) is 2.31. The van der Waals surface area contributed by atoms with Gasteiger partial charge in [0.2, 0.25) is 0 Å². The standard InChI is InChI=1S/C10H22N2O/c1-4-11-5-6-12(7-8-13)10(11)9(2)3/h9-10,13H,4-8H2,1-3H3. The largest absolute Gasteiger partial charge is 0.395 e. The van der Waals surface area contributed by atoms with E-state index in [0.717, 1.165) is 26.2 Å². The number of β-amino-alcohol motifs (C(OH)–C–C–N with tert-alkyl or cyclic N) is 1. The first kappa shape index (κ1) is 11.0. The van der Waals surface area contributed by atoms with Gasteiger partial charge in [-0.25, -0.2) is 0 Å². The van der Waals surface area contributed by atoms with Crippen LogP contribution < -0.4 is 0 Å². The number of nitrogens with zero attached hydrogens (tertiary/aromatic N) is 2. The predicted molar refractivity (Wildman–Crippen MR) is 54.5 cm³/mol. The molecule has 0 radical (unpaired) electrons. The van der Waals surface area contributed by atoms with Gasteiger partial charge in [-0.2, -0.15) is 0 Å². The fourth-order valence-corrected chi connectivity index (χ4v) is 2.31. The van der Waals surface area contributed by atoms with E-state index in [0.29, 0.717) is 12.1 Å². The van der Waals surface area contributed by atoms with Gasteiger partial charge in [0.25, 0.3) is 0 Å². The molecule has 1 unspecified atom stereocenters. The summed E-state index contributed by atoms with van der Waals surface area (Å²) in [5.74, 6) is 0.647. The van der Waals surface area contributed by atoms with E-state index in [1.54, 1.807) is 0 Å². The third kappa shape index (κ3) is 2.42. The van der Waals surface area contributed by atoms with E-state index < -0.39 is 0 Å². The maximum Gasteiger partial charge on any atom is 0.0647 e. The van der Waals surface area contributed by atoms with Gasteiger partial charge in [-0.3, -0.25) is 9.80 Å². The molecule has 1 heterocycles. The Balaban J connectivity index is 2.56. The minimum Gasteiger partial charge on any atom is -0.395 e. The van der Waals surface area contributed by atoms with Crippen LogP contribution >= 0.6 is 0 Å². The summed E-state index contributed by atoms with van der Waals surface area (Å²) in [5, 5.41) is 8.93. The van der Waals surface area contributed by atoms with E-state index in [-0.39, 0.29) is 6.61 Å². The van der Waals surface area contributed by atoms with Crippen LogP contribution in [0.3, 0.4) is 0 Å². The lowest BCUT2D eigenvalue weighted by Gasteiger charge is -2.32. The SMILES string of the molecule is CCN1CCN(CCO)C1C(C)C. The second kappa shape index (κ2) is 4.94. The molecule has 1 aliphatic heterocycles. The molecular formula is C10H22N2O. The van der Waals surface area contributed by atoms with Crippen molar-refractivity contribution in [1.29, 1.82) is 0 Å². The highest BCUT2D eigenvalue weighted by molar-refractivity contribution is 4.82. The second-order valence-electron chi connectivity index (χ2n) is 4.05. The summed E-state index contributed by atoms with van der Waals surface area (Å²) in [4.78, 5) is 4.87. The molecule has 3 nitrogen and oxygen atoms in total. The van der Waals surface area contributed by atoms with E-state index in [9.17, 15) is 0 Å². The topological polar surface area (TPSA) is 26.7 Å². The van der Waals surface area contributed by atoms with Gasteiger partial charge in [0.05, 0.1) is 12.8 Å². The van der Waals surface area contributed by atoms with Crippen LogP contribution in [0.2, 0.25) is 0 Å². The van der Waals surface area contributed by atoms with E-state index >= 15 is 0 Å². The summed E-state index contributed by atoms with van der Waals surface area (Å²) in [5.41, 5.74) is 0. The Kier molecular flexibility index (Phi) is 4.16. The molecule has 0 aromatic carbocycles. The molecule has 3 heteroatoms. The summed E-state index contributed by atoms with van der Waals surface area (Å²) in [7, 11) is 0. The number of hydrogen-bond acceptors (Lipinski definition) is 3. The first-order chi connectivity index (χ1) is 6.20. The Morgan fingerprint density at radius 3 is 2.38 bits per heavy atom. The molecule has 1 saturated heterocycles. The highest BCUT2D eigenvalue weighted by Gasteiger charge is 2.32. The Bertz CT molecular complexity index is 150. The molecule has 0 saturated carbocycles. The Morgan fingerprint density at radius 1 is 1.31 bits per heavy atom. The van der Waals surface area contributed by atoms with Gasteiger partial charge in [-0.15, -0.1) is 0 Å². The minimum atomic E-state index is 0.279. The van der Waals surface area contributed by atoms with Crippen LogP contribution in [-0.2, 0) is 0 Å². The van der Waals surface area contributed by atoms with Crippen molar-refractivity contribution in [3.8, 4) is 0 Å². The summed E-state index contributed by atoms with van der Waals surface area (Å²) >= 11 is 0. The highest BCUT2D eigenvalue weighted by Crippen LogP contribution is 2.20. The van der Waals surface area contributed by atoms with Gasteiger partial charge >= 0.3 is 0 Å². The van der Waals surface area contributed by atoms with E-state index in [1.165, 1.54) is 0 Å². The van der Waals surface area contributed by atoms with Crippen LogP contribution in [0, 0.1) is 5.92 Å². The van der Waals surface area contributed by atoms with Crippen molar-refractivity contribution >= 4 is 0 Å². The van der Waals surface area contributed by atoms with E-state index in [4.69, 9.17) is 5.11 Å². The molecule has 0 bridgehead atoms. The van der Waals surface area contributed by atoms with Crippen molar-refractivity contribution < 1.29 is 5.11 Å². The lowest BCUT2D eigenvalue weighted by atomic mass is 10.1. The van der Waals surface area contributed by atoms with Crippen molar-refractivity contribution in [2.75, 3.05) is 32.8 Å². The molecule has 13 heavy (non-hydrogen) atoms. The number of aliphatic hydroxyl groups excluding tert-OH is 1. The van der Waals surface area contributed by atoms with Gasteiger partial charge in [0.1, 0.15) is 0 Å². The van der Waals surface area contributed by atoms with Crippen LogP contribution in [0.4, 0.5) is 0 Å². The molecule has 1 fully saturated rings. The first-order valence-electron chi connectivity index (χ1n) is 5.29. The van der Waals surface area contributed by atoms with Gasteiger partial charge in [0.15, 0.2) is 0 Å². The molecule has 1 rings (SSSR count). The quantitative estimate of drug-likeness (QED) is 0.696. The smallest absolute Gasteiger partial charge is 0.0647 e. The van der Waals surface area contributed by atoms with Gasteiger partial charge < -0.3 is 5.11 Å². The minimum absolute atomic E-state index is 0.279. The maximum atomic E-state index is 8.93. The molecule has 0 aliphatic carbocycles. The summed E-state index contributed by atoms with van der Waals surface area (Å²) in [6.45, 7) is 11.2. The van der Waals surface area contributed by atoms with Crippen molar-refractivity contribution in [3.05, 3.63) is 0 Å². The molecule has 0 spiro atoms.